The Labute approximate surface area is 150 Å². The Morgan fingerprint density at radius 1 is 1.14 bits per heavy atom. The highest BCUT2D eigenvalue weighted by Gasteiger charge is 2.08. The third-order valence-electron chi connectivity index (χ3n) is 3.31. The van der Waals surface area contributed by atoms with E-state index in [9.17, 15) is 0 Å². The van der Waals surface area contributed by atoms with Crippen LogP contribution in [0.4, 0.5) is 0 Å². The number of hydrogen-bond donors (Lipinski definition) is 2. The van der Waals surface area contributed by atoms with Gasteiger partial charge in [-0.15, -0.1) is 24.0 Å². The van der Waals surface area contributed by atoms with Crippen molar-refractivity contribution in [2.24, 2.45) is 10.9 Å². The van der Waals surface area contributed by atoms with Crippen molar-refractivity contribution in [2.75, 3.05) is 27.3 Å². The molecule has 0 aliphatic heterocycles. The predicted octanol–water partition coefficient (Wildman–Crippen LogP) is 2.90. The highest BCUT2D eigenvalue weighted by molar-refractivity contribution is 14.0. The number of halogens is 1. The molecule has 1 atom stereocenters. The lowest BCUT2D eigenvalue weighted by Gasteiger charge is -2.20. The first kappa shape index (κ1) is 20.8. The van der Waals surface area contributed by atoms with E-state index < -0.39 is 0 Å². The number of methoxy groups -OCH3 is 1. The number of rotatable bonds is 7. The Bertz CT molecular complexity index is 436. The maximum Gasteiger partial charge on any atom is 0.191 e. The minimum absolute atomic E-state index is 0. The summed E-state index contributed by atoms with van der Waals surface area (Å²) in [4.78, 5) is 4.20. The van der Waals surface area contributed by atoms with Crippen molar-refractivity contribution < 1.29 is 9.47 Å². The van der Waals surface area contributed by atoms with Gasteiger partial charge in [0.1, 0.15) is 18.1 Å². The Kier molecular flexibility index (Phi) is 10.8. The van der Waals surface area contributed by atoms with E-state index in [-0.39, 0.29) is 24.0 Å². The lowest BCUT2D eigenvalue weighted by atomic mass is 10.1. The second-order valence-electron chi connectivity index (χ2n) is 5.20. The fourth-order valence-corrected chi connectivity index (χ4v) is 1.59. The van der Waals surface area contributed by atoms with Gasteiger partial charge in [-0.05, 0) is 37.1 Å². The third kappa shape index (κ3) is 7.72. The SMILES string of the molecule is CN=C(NCCOc1ccc(OC)cc1)NC(C)C(C)C.I. The minimum atomic E-state index is 0. The van der Waals surface area contributed by atoms with E-state index in [4.69, 9.17) is 9.47 Å². The van der Waals surface area contributed by atoms with Crippen molar-refractivity contribution >= 4 is 29.9 Å². The molecule has 0 saturated heterocycles. The Morgan fingerprint density at radius 2 is 1.73 bits per heavy atom. The summed E-state index contributed by atoms with van der Waals surface area (Å²) in [5, 5.41) is 6.58. The molecule has 6 heteroatoms. The fourth-order valence-electron chi connectivity index (χ4n) is 1.59. The average molecular weight is 421 g/mol. The summed E-state index contributed by atoms with van der Waals surface area (Å²) in [6.07, 6.45) is 0. The molecule has 0 spiro atoms. The second-order valence-corrected chi connectivity index (χ2v) is 5.20. The molecule has 0 radical (unpaired) electrons. The zero-order chi connectivity index (χ0) is 15.7. The van der Waals surface area contributed by atoms with Crippen LogP contribution >= 0.6 is 24.0 Å². The number of nitrogens with one attached hydrogen (secondary N) is 2. The van der Waals surface area contributed by atoms with Crippen LogP contribution in [-0.2, 0) is 0 Å². The molecular weight excluding hydrogens is 393 g/mol. The predicted molar refractivity (Wildman–Crippen MR) is 103 cm³/mol. The summed E-state index contributed by atoms with van der Waals surface area (Å²) < 4.78 is 10.8. The Balaban J connectivity index is 0.00000441. The summed E-state index contributed by atoms with van der Waals surface area (Å²) in [6, 6.07) is 7.93. The number of benzene rings is 1. The van der Waals surface area contributed by atoms with Crippen LogP contribution in [0.1, 0.15) is 20.8 Å². The van der Waals surface area contributed by atoms with Gasteiger partial charge in [-0.3, -0.25) is 4.99 Å². The lowest BCUT2D eigenvalue weighted by Crippen LogP contribution is -2.45. The van der Waals surface area contributed by atoms with Crippen molar-refractivity contribution in [3.8, 4) is 11.5 Å². The van der Waals surface area contributed by atoms with Crippen molar-refractivity contribution in [1.29, 1.82) is 0 Å². The van der Waals surface area contributed by atoms with Crippen LogP contribution in [0.25, 0.3) is 0 Å². The highest BCUT2D eigenvalue weighted by atomic mass is 127. The third-order valence-corrected chi connectivity index (χ3v) is 3.31. The van der Waals surface area contributed by atoms with Gasteiger partial charge in [0.05, 0.1) is 13.7 Å². The van der Waals surface area contributed by atoms with Crippen LogP contribution in [0.2, 0.25) is 0 Å². The molecule has 1 aromatic rings. The number of hydrogen-bond acceptors (Lipinski definition) is 3. The summed E-state index contributed by atoms with van der Waals surface area (Å²) >= 11 is 0. The maximum atomic E-state index is 5.65. The maximum absolute atomic E-state index is 5.65. The zero-order valence-electron chi connectivity index (χ0n) is 14.1. The van der Waals surface area contributed by atoms with Gasteiger partial charge < -0.3 is 20.1 Å². The van der Waals surface area contributed by atoms with Gasteiger partial charge in [0.2, 0.25) is 0 Å². The molecule has 126 valence electrons. The molecule has 0 aliphatic carbocycles. The molecule has 0 heterocycles. The van der Waals surface area contributed by atoms with Gasteiger partial charge in [0.25, 0.3) is 0 Å². The first-order chi connectivity index (χ1) is 10.1. The van der Waals surface area contributed by atoms with Crippen molar-refractivity contribution in [3.63, 3.8) is 0 Å². The Hall–Kier alpha value is -1.18. The van der Waals surface area contributed by atoms with E-state index in [2.05, 4.69) is 36.4 Å². The summed E-state index contributed by atoms with van der Waals surface area (Å²) in [6.45, 7) is 7.76. The molecule has 1 unspecified atom stereocenters. The van der Waals surface area contributed by atoms with E-state index in [0.29, 0.717) is 25.1 Å². The molecule has 0 saturated carbocycles. The molecule has 1 rings (SSSR count). The van der Waals surface area contributed by atoms with Crippen molar-refractivity contribution in [2.45, 2.75) is 26.8 Å². The van der Waals surface area contributed by atoms with Crippen LogP contribution < -0.4 is 20.1 Å². The van der Waals surface area contributed by atoms with Crippen LogP contribution in [0, 0.1) is 5.92 Å². The van der Waals surface area contributed by atoms with E-state index in [1.54, 1.807) is 14.2 Å². The van der Waals surface area contributed by atoms with Crippen LogP contribution in [0.5, 0.6) is 11.5 Å². The molecule has 5 nitrogen and oxygen atoms in total. The van der Waals surface area contributed by atoms with Gasteiger partial charge in [-0.1, -0.05) is 13.8 Å². The van der Waals surface area contributed by atoms with Crippen LogP contribution in [0.15, 0.2) is 29.3 Å². The highest BCUT2D eigenvalue weighted by Crippen LogP contribution is 2.16. The molecule has 2 N–H and O–H groups in total. The first-order valence-corrected chi connectivity index (χ1v) is 7.30. The Morgan fingerprint density at radius 3 is 2.23 bits per heavy atom. The zero-order valence-corrected chi connectivity index (χ0v) is 16.4. The number of aliphatic imine (C=N–C) groups is 1. The van der Waals surface area contributed by atoms with Gasteiger partial charge in [0, 0.05) is 13.1 Å². The van der Waals surface area contributed by atoms with E-state index in [0.717, 1.165) is 17.5 Å². The number of nitrogens with zero attached hydrogens (tertiary/aromatic N) is 1. The van der Waals surface area contributed by atoms with E-state index >= 15 is 0 Å². The van der Waals surface area contributed by atoms with Gasteiger partial charge >= 0.3 is 0 Å². The molecule has 0 amide bonds. The number of ether oxygens (including phenoxy) is 2. The molecule has 22 heavy (non-hydrogen) atoms. The molecule has 1 aromatic carbocycles. The monoisotopic (exact) mass is 421 g/mol. The molecule has 0 aromatic heterocycles. The normalized spacial score (nSPS) is 12.4. The quantitative estimate of drug-likeness (QED) is 0.308. The van der Waals surface area contributed by atoms with Crippen molar-refractivity contribution in [1.82, 2.24) is 10.6 Å². The summed E-state index contributed by atoms with van der Waals surface area (Å²) in [7, 11) is 3.42. The average Bonchev–Trinajstić information content (AvgIpc) is 2.50. The standard InChI is InChI=1S/C16H27N3O2.HI/c1-12(2)13(3)19-16(17-4)18-10-11-21-15-8-6-14(20-5)7-9-15;/h6-9,12-13H,10-11H2,1-5H3,(H2,17,18,19);1H. The van der Waals surface area contributed by atoms with Crippen molar-refractivity contribution in [3.05, 3.63) is 24.3 Å². The van der Waals surface area contributed by atoms with Gasteiger partial charge in [-0.25, -0.2) is 0 Å². The smallest absolute Gasteiger partial charge is 0.191 e. The van der Waals surface area contributed by atoms with E-state index in [1.807, 2.05) is 24.3 Å². The van der Waals surface area contributed by atoms with Crippen LogP contribution in [-0.4, -0.2) is 39.3 Å². The number of guanidine groups is 1. The summed E-state index contributed by atoms with van der Waals surface area (Å²) in [5.74, 6) is 3.01. The molecule has 0 bridgehead atoms. The van der Waals surface area contributed by atoms with Gasteiger partial charge in [0.15, 0.2) is 5.96 Å². The second kappa shape index (κ2) is 11.4. The fraction of sp³-hybridized carbons (Fsp3) is 0.562. The minimum Gasteiger partial charge on any atom is -0.497 e. The van der Waals surface area contributed by atoms with Gasteiger partial charge in [-0.2, -0.15) is 0 Å². The molecule has 0 aliphatic rings. The molecule has 0 fully saturated rings. The lowest BCUT2D eigenvalue weighted by molar-refractivity contribution is 0.320. The summed E-state index contributed by atoms with van der Waals surface area (Å²) in [5.41, 5.74) is 0. The van der Waals surface area contributed by atoms with Crippen LogP contribution in [0.3, 0.4) is 0 Å². The van der Waals surface area contributed by atoms with E-state index in [1.165, 1.54) is 0 Å². The first-order valence-electron chi connectivity index (χ1n) is 7.30. The molecular formula is C16H28IN3O2. The largest absolute Gasteiger partial charge is 0.497 e. The topological polar surface area (TPSA) is 54.9 Å².